The monoisotopic (exact) mass is 434 g/mol. The van der Waals surface area contributed by atoms with Crippen molar-refractivity contribution in [2.45, 2.75) is 31.2 Å². The minimum absolute atomic E-state index is 0.114. The van der Waals surface area contributed by atoms with Crippen molar-refractivity contribution < 1.29 is 18.3 Å². The van der Waals surface area contributed by atoms with Crippen molar-refractivity contribution in [2.24, 2.45) is 12.8 Å². The number of hydrogen-bond donors (Lipinski definition) is 2. The van der Waals surface area contributed by atoms with E-state index in [-0.39, 0.29) is 17.9 Å². The lowest BCUT2D eigenvalue weighted by molar-refractivity contribution is 0.0247. The van der Waals surface area contributed by atoms with E-state index >= 15 is 0 Å². The molecule has 158 valence electrons. The molecule has 0 aromatic carbocycles. The Labute approximate surface area is 175 Å². The smallest absolute Gasteiger partial charge is 0.275 e. The predicted molar refractivity (Wildman–Crippen MR) is 107 cm³/mol. The minimum Gasteiger partial charge on any atom is -0.369 e. The van der Waals surface area contributed by atoms with Crippen LogP contribution in [0.1, 0.15) is 35.1 Å². The Bertz CT molecular complexity index is 1040. The summed E-state index contributed by atoms with van der Waals surface area (Å²) in [6.45, 7) is -0.114. The summed E-state index contributed by atoms with van der Waals surface area (Å²) in [5, 5.41) is 8.90. The molecule has 0 radical (unpaired) electrons. The molecule has 1 aliphatic heterocycles. The van der Waals surface area contributed by atoms with Gasteiger partial charge in [-0.25, -0.2) is 13.8 Å². The first kappa shape index (κ1) is 20.5. The normalized spacial score (nSPS) is 21.9. The van der Waals surface area contributed by atoms with Gasteiger partial charge >= 0.3 is 0 Å². The molecule has 0 saturated carbocycles. The molecule has 3 atom stereocenters. The number of hydrogen-bond acceptors (Lipinski definition) is 7. The highest BCUT2D eigenvalue weighted by Crippen LogP contribution is 2.33. The summed E-state index contributed by atoms with van der Waals surface area (Å²) in [5.41, 5.74) is 7.30. The van der Waals surface area contributed by atoms with Gasteiger partial charge in [-0.1, -0.05) is 0 Å². The van der Waals surface area contributed by atoms with Gasteiger partial charge in [0.15, 0.2) is 5.82 Å². The predicted octanol–water partition coefficient (Wildman–Crippen LogP) is 2.85. The summed E-state index contributed by atoms with van der Waals surface area (Å²) in [5.74, 6) is -0.974. The molecule has 0 bridgehead atoms. The van der Waals surface area contributed by atoms with Crippen molar-refractivity contribution >= 4 is 22.9 Å². The van der Waals surface area contributed by atoms with Gasteiger partial charge in [-0.3, -0.25) is 14.5 Å². The maximum Gasteiger partial charge on any atom is 0.275 e. The molecule has 1 fully saturated rings. The molecule has 4 rings (SSSR count). The molecule has 3 aromatic rings. The molecule has 11 heteroatoms. The summed E-state index contributed by atoms with van der Waals surface area (Å²) >= 11 is 1.16. The number of alkyl halides is 1. The third-order valence-electron chi connectivity index (χ3n) is 4.96. The van der Waals surface area contributed by atoms with E-state index in [2.05, 4.69) is 20.4 Å². The van der Waals surface area contributed by atoms with Crippen LogP contribution < -0.4 is 11.1 Å². The van der Waals surface area contributed by atoms with E-state index in [1.54, 1.807) is 17.1 Å². The number of nitrogens with zero attached hydrogens (tertiary/aromatic N) is 4. The van der Waals surface area contributed by atoms with E-state index in [1.807, 2.05) is 0 Å². The van der Waals surface area contributed by atoms with Crippen molar-refractivity contribution in [1.82, 2.24) is 19.7 Å². The van der Waals surface area contributed by atoms with Crippen LogP contribution in [0.15, 0.2) is 30.0 Å². The molecule has 8 nitrogen and oxygen atoms in total. The van der Waals surface area contributed by atoms with E-state index < -0.39 is 30.0 Å². The van der Waals surface area contributed by atoms with Crippen molar-refractivity contribution in [2.75, 3.05) is 11.9 Å². The highest BCUT2D eigenvalue weighted by Gasteiger charge is 2.30. The van der Waals surface area contributed by atoms with Crippen molar-refractivity contribution in [3.8, 4) is 10.6 Å². The number of ether oxygens (including phenoxy) is 1. The molecule has 4 heterocycles. The van der Waals surface area contributed by atoms with Gasteiger partial charge in [0.25, 0.3) is 5.91 Å². The maximum atomic E-state index is 13.9. The van der Waals surface area contributed by atoms with Gasteiger partial charge in [-0.15, -0.1) is 11.3 Å². The molecule has 0 unspecified atom stereocenters. The van der Waals surface area contributed by atoms with Gasteiger partial charge in [-0.05, 0) is 18.9 Å². The second-order valence-electron chi connectivity index (χ2n) is 6.99. The van der Waals surface area contributed by atoms with Gasteiger partial charge in [0, 0.05) is 30.2 Å². The Balaban J connectivity index is 1.53. The number of nitrogens with one attached hydrogen (secondary N) is 1. The number of aryl methyl sites for hydroxylation is 1. The Morgan fingerprint density at radius 2 is 2.23 bits per heavy atom. The number of anilines is 1. The van der Waals surface area contributed by atoms with Crippen LogP contribution in [0.4, 0.5) is 14.5 Å². The quantitative estimate of drug-likeness (QED) is 0.654. The van der Waals surface area contributed by atoms with E-state index in [0.29, 0.717) is 29.2 Å². The fourth-order valence-corrected chi connectivity index (χ4v) is 4.14. The standard InChI is InChI=1S/C19H20F2N6O2S/c1-27-17(16-3-2-13(22)12(21)8-29-16)14(7-24-27)25-18(28)15-9-30-19(26-15)10-4-5-23-6-11(10)20/h4-7,9,12-13,16H,2-3,8,22H2,1H3,(H,25,28)/t12-,13-,16+/m1/s1. The molecular weight excluding hydrogens is 414 g/mol. The lowest BCUT2D eigenvalue weighted by atomic mass is 10.0. The largest absolute Gasteiger partial charge is 0.369 e. The Hall–Kier alpha value is -2.76. The van der Waals surface area contributed by atoms with Crippen LogP contribution in [0.3, 0.4) is 0 Å². The van der Waals surface area contributed by atoms with E-state index in [9.17, 15) is 13.6 Å². The van der Waals surface area contributed by atoms with E-state index in [0.717, 1.165) is 17.5 Å². The number of carbonyl (C=O) groups excluding carboxylic acids is 1. The lowest BCUT2D eigenvalue weighted by Gasteiger charge is -2.17. The van der Waals surface area contributed by atoms with Crippen molar-refractivity contribution in [3.63, 3.8) is 0 Å². The molecule has 3 N–H and O–H groups in total. The minimum atomic E-state index is -1.23. The topological polar surface area (TPSA) is 108 Å². The second-order valence-corrected chi connectivity index (χ2v) is 7.85. The summed E-state index contributed by atoms with van der Waals surface area (Å²) in [7, 11) is 1.72. The number of carbonyl (C=O) groups is 1. The van der Waals surface area contributed by atoms with Gasteiger partial charge in [0.1, 0.15) is 23.0 Å². The van der Waals surface area contributed by atoms with Crippen molar-refractivity contribution in [3.05, 3.63) is 47.2 Å². The Kier molecular flexibility index (Phi) is 5.84. The van der Waals surface area contributed by atoms with Crippen LogP contribution in [-0.4, -0.2) is 44.5 Å². The fraction of sp³-hybridized carbons (Fsp3) is 0.368. The van der Waals surface area contributed by atoms with Gasteiger partial charge in [-0.2, -0.15) is 5.10 Å². The van der Waals surface area contributed by atoms with Crippen LogP contribution in [0.25, 0.3) is 10.6 Å². The maximum absolute atomic E-state index is 13.9. The highest BCUT2D eigenvalue weighted by molar-refractivity contribution is 7.13. The summed E-state index contributed by atoms with van der Waals surface area (Å²) in [6, 6.07) is 0.921. The van der Waals surface area contributed by atoms with Crippen LogP contribution in [-0.2, 0) is 11.8 Å². The second kappa shape index (κ2) is 8.54. The van der Waals surface area contributed by atoms with Crippen LogP contribution in [0.5, 0.6) is 0 Å². The number of aromatic nitrogens is 4. The van der Waals surface area contributed by atoms with Gasteiger partial charge in [0.2, 0.25) is 0 Å². The third-order valence-corrected chi connectivity index (χ3v) is 5.84. The molecule has 1 amide bonds. The zero-order valence-electron chi connectivity index (χ0n) is 16.1. The summed E-state index contributed by atoms with van der Waals surface area (Å²) < 4.78 is 35.1. The third kappa shape index (κ3) is 4.09. The number of thiazole rings is 1. The molecule has 30 heavy (non-hydrogen) atoms. The number of nitrogens with two attached hydrogens (primary N) is 1. The number of halogens is 2. The molecular formula is C19H20F2N6O2S. The fourth-order valence-electron chi connectivity index (χ4n) is 3.32. The zero-order valence-corrected chi connectivity index (χ0v) is 16.9. The first-order valence-corrected chi connectivity index (χ1v) is 10.2. The van der Waals surface area contributed by atoms with Crippen LogP contribution in [0.2, 0.25) is 0 Å². The van der Waals surface area contributed by atoms with Crippen LogP contribution in [0, 0.1) is 5.82 Å². The van der Waals surface area contributed by atoms with Crippen LogP contribution >= 0.6 is 11.3 Å². The first-order chi connectivity index (χ1) is 14.4. The highest BCUT2D eigenvalue weighted by atomic mass is 32.1. The van der Waals surface area contributed by atoms with Gasteiger partial charge < -0.3 is 15.8 Å². The Morgan fingerprint density at radius 3 is 3.03 bits per heavy atom. The average Bonchev–Trinajstić information content (AvgIpc) is 3.32. The Morgan fingerprint density at radius 1 is 1.40 bits per heavy atom. The number of amides is 1. The summed E-state index contributed by atoms with van der Waals surface area (Å²) in [4.78, 5) is 20.7. The molecule has 0 spiro atoms. The average molecular weight is 434 g/mol. The first-order valence-electron chi connectivity index (χ1n) is 9.34. The number of pyridine rings is 1. The lowest BCUT2D eigenvalue weighted by Crippen LogP contribution is -2.32. The van der Waals surface area contributed by atoms with E-state index in [4.69, 9.17) is 10.5 Å². The number of rotatable bonds is 4. The van der Waals surface area contributed by atoms with Crippen molar-refractivity contribution in [1.29, 1.82) is 0 Å². The summed E-state index contributed by atoms with van der Waals surface area (Å²) in [6.07, 6.45) is 3.34. The zero-order chi connectivity index (χ0) is 21.3. The molecule has 1 saturated heterocycles. The van der Waals surface area contributed by atoms with Gasteiger partial charge in [0.05, 0.1) is 30.4 Å². The molecule has 1 aliphatic rings. The molecule has 3 aromatic heterocycles. The SMILES string of the molecule is Cn1ncc(NC(=O)c2csc(-c3ccncc3F)n2)c1[C@@H]1CC[C@@H](N)[C@H](F)CO1. The van der Waals surface area contributed by atoms with E-state index in [1.165, 1.54) is 18.5 Å². The molecule has 0 aliphatic carbocycles.